The van der Waals surface area contributed by atoms with Crippen LogP contribution in [0.3, 0.4) is 0 Å². The maximum atomic E-state index is 12.5. The monoisotopic (exact) mass is 375 g/mol. The van der Waals surface area contributed by atoms with Crippen LogP contribution in [0, 0.1) is 0 Å². The second kappa shape index (κ2) is 7.19. The number of pyridine rings is 1. The van der Waals surface area contributed by atoms with Crippen LogP contribution in [-0.4, -0.2) is 29.2 Å². The van der Waals surface area contributed by atoms with Gasteiger partial charge in [-0.25, -0.2) is 5.01 Å². The highest BCUT2D eigenvalue weighted by molar-refractivity contribution is 6.34. The van der Waals surface area contributed by atoms with Gasteiger partial charge >= 0.3 is 6.18 Å². The van der Waals surface area contributed by atoms with E-state index >= 15 is 0 Å². The lowest BCUT2D eigenvalue weighted by molar-refractivity contribution is -0.137. The van der Waals surface area contributed by atoms with Gasteiger partial charge in [0.2, 0.25) is 0 Å². The van der Waals surface area contributed by atoms with Crippen molar-refractivity contribution in [2.24, 2.45) is 5.10 Å². The molecule has 0 N–H and O–H groups in total. The molecule has 0 radical (unpaired) electrons. The first-order valence-corrected chi connectivity index (χ1v) is 7.25. The van der Waals surface area contributed by atoms with Gasteiger partial charge in [-0.15, -0.1) is 0 Å². The number of hydrogen-bond acceptors (Lipinski definition) is 3. The van der Waals surface area contributed by atoms with Crippen molar-refractivity contribution in [3.05, 3.63) is 63.4 Å². The van der Waals surface area contributed by atoms with Crippen molar-refractivity contribution < 1.29 is 18.0 Å². The molecule has 2 rings (SSSR count). The molecule has 126 valence electrons. The predicted molar refractivity (Wildman–Crippen MR) is 85.4 cm³/mol. The third kappa shape index (κ3) is 4.24. The second-order valence-corrected chi connectivity index (χ2v) is 5.46. The molecule has 1 amide bonds. The normalized spacial score (nSPS) is 11.8. The van der Waals surface area contributed by atoms with E-state index in [0.717, 1.165) is 17.3 Å². The van der Waals surface area contributed by atoms with Crippen LogP contribution in [0.5, 0.6) is 0 Å². The Morgan fingerprint density at radius 3 is 2.50 bits per heavy atom. The molecule has 1 aromatic heterocycles. The zero-order valence-electron chi connectivity index (χ0n) is 12.2. The molecule has 0 aliphatic heterocycles. The Morgan fingerprint density at radius 2 is 1.92 bits per heavy atom. The highest BCUT2D eigenvalue weighted by Crippen LogP contribution is 2.30. The fourth-order valence-corrected chi connectivity index (χ4v) is 2.13. The number of amides is 1. The molecule has 9 heteroatoms. The van der Waals surface area contributed by atoms with Crippen LogP contribution in [0.1, 0.15) is 21.6 Å². The van der Waals surface area contributed by atoms with Gasteiger partial charge < -0.3 is 0 Å². The zero-order valence-corrected chi connectivity index (χ0v) is 13.7. The topological polar surface area (TPSA) is 45.6 Å². The Hall–Kier alpha value is -2.12. The molecule has 0 aliphatic rings. The molecule has 0 saturated carbocycles. The smallest absolute Gasteiger partial charge is 0.267 e. The molecule has 0 aliphatic carbocycles. The lowest BCUT2D eigenvalue weighted by Crippen LogP contribution is -2.21. The molecule has 2 aromatic rings. The van der Waals surface area contributed by atoms with E-state index in [9.17, 15) is 18.0 Å². The van der Waals surface area contributed by atoms with Crippen molar-refractivity contribution in [2.75, 3.05) is 7.05 Å². The minimum absolute atomic E-state index is 0.00322. The Balaban J connectivity index is 2.19. The minimum atomic E-state index is -4.54. The molecule has 0 saturated heterocycles. The second-order valence-electron chi connectivity index (χ2n) is 4.64. The van der Waals surface area contributed by atoms with E-state index in [2.05, 4.69) is 10.1 Å². The molecule has 1 heterocycles. The molecule has 24 heavy (non-hydrogen) atoms. The van der Waals surface area contributed by atoms with Gasteiger partial charge in [0.15, 0.2) is 0 Å². The molecular formula is C15H10Cl2F3N3O. The Labute approximate surface area is 145 Å². The van der Waals surface area contributed by atoms with Crippen molar-refractivity contribution in [1.82, 2.24) is 9.99 Å². The number of carbonyl (C=O) groups excluding carboxylic acids is 1. The van der Waals surface area contributed by atoms with Crippen LogP contribution < -0.4 is 0 Å². The first kappa shape index (κ1) is 18.2. The van der Waals surface area contributed by atoms with E-state index in [-0.39, 0.29) is 21.3 Å². The number of carbonyl (C=O) groups is 1. The minimum Gasteiger partial charge on any atom is -0.267 e. The van der Waals surface area contributed by atoms with Gasteiger partial charge in [-0.3, -0.25) is 9.78 Å². The number of aromatic nitrogens is 1. The zero-order chi connectivity index (χ0) is 17.9. The number of alkyl halides is 3. The summed E-state index contributed by atoms with van der Waals surface area (Å²) in [5.74, 6) is -0.486. The van der Waals surface area contributed by atoms with Gasteiger partial charge in [-0.1, -0.05) is 35.3 Å². The van der Waals surface area contributed by atoms with E-state index in [1.54, 1.807) is 18.2 Å². The predicted octanol–water partition coefficient (Wildman–Crippen LogP) is 4.51. The van der Waals surface area contributed by atoms with Gasteiger partial charge in [0.25, 0.3) is 5.91 Å². The molecule has 4 nitrogen and oxygen atoms in total. The van der Waals surface area contributed by atoms with Gasteiger partial charge in [0, 0.05) is 13.2 Å². The lowest BCUT2D eigenvalue weighted by Gasteiger charge is -2.12. The van der Waals surface area contributed by atoms with Crippen LogP contribution in [0.4, 0.5) is 13.2 Å². The molecule has 0 bridgehead atoms. The van der Waals surface area contributed by atoms with Crippen molar-refractivity contribution >= 4 is 35.3 Å². The molecule has 0 fully saturated rings. The fourth-order valence-electron chi connectivity index (χ4n) is 1.70. The summed E-state index contributed by atoms with van der Waals surface area (Å²) >= 11 is 11.7. The van der Waals surface area contributed by atoms with Gasteiger partial charge in [-0.2, -0.15) is 18.3 Å². The number of rotatable bonds is 3. The summed E-state index contributed by atoms with van der Waals surface area (Å²) in [6.07, 6.45) is -2.80. The van der Waals surface area contributed by atoms with E-state index in [0.29, 0.717) is 6.20 Å². The van der Waals surface area contributed by atoms with Crippen molar-refractivity contribution in [1.29, 1.82) is 0 Å². The van der Waals surface area contributed by atoms with Crippen LogP contribution in [-0.2, 0) is 6.18 Å². The Morgan fingerprint density at radius 1 is 1.25 bits per heavy atom. The largest absolute Gasteiger partial charge is 0.417 e. The Kier molecular flexibility index (Phi) is 5.46. The fraction of sp³-hybridized carbons (Fsp3) is 0.133. The summed E-state index contributed by atoms with van der Waals surface area (Å²) in [6, 6.07) is 7.14. The van der Waals surface area contributed by atoms with Crippen molar-refractivity contribution in [2.45, 2.75) is 6.18 Å². The van der Waals surface area contributed by atoms with Gasteiger partial charge in [0.05, 0.1) is 27.4 Å². The molecule has 0 atom stereocenters. The first-order chi connectivity index (χ1) is 11.2. The maximum absolute atomic E-state index is 12.5. The molecule has 0 spiro atoms. The highest BCUT2D eigenvalue weighted by Gasteiger charge is 2.31. The SMILES string of the molecule is CN(/N=C\c1ncc(C(F)(F)F)cc1Cl)C(=O)c1ccccc1Cl. The maximum Gasteiger partial charge on any atom is 0.417 e. The van der Waals surface area contributed by atoms with Crippen molar-refractivity contribution in [3.63, 3.8) is 0 Å². The average molecular weight is 376 g/mol. The molecule has 0 unspecified atom stereocenters. The summed E-state index contributed by atoms with van der Waals surface area (Å²) in [5, 5.41) is 4.85. The third-order valence-corrected chi connectivity index (χ3v) is 3.58. The van der Waals surface area contributed by atoms with Gasteiger partial charge in [-0.05, 0) is 18.2 Å². The standard InChI is InChI=1S/C15H10Cl2F3N3O/c1-23(14(24)10-4-2-3-5-11(10)16)22-8-13-12(17)6-9(7-21-13)15(18,19)20/h2-8H,1H3/b22-8-. The number of benzene rings is 1. The van der Waals surface area contributed by atoms with Crippen LogP contribution in [0.2, 0.25) is 10.0 Å². The Bertz CT molecular complexity index is 794. The lowest BCUT2D eigenvalue weighted by atomic mass is 10.2. The van der Waals surface area contributed by atoms with E-state index < -0.39 is 17.6 Å². The molecular weight excluding hydrogens is 366 g/mol. The molecule has 1 aromatic carbocycles. The number of nitrogens with zero attached hydrogens (tertiary/aromatic N) is 3. The summed E-state index contributed by atoms with van der Waals surface area (Å²) in [6.45, 7) is 0. The van der Waals surface area contributed by atoms with E-state index in [1.807, 2.05) is 0 Å². The summed E-state index contributed by atoms with van der Waals surface area (Å²) in [5.41, 5.74) is -0.723. The van der Waals surface area contributed by atoms with E-state index in [4.69, 9.17) is 23.2 Å². The summed E-state index contributed by atoms with van der Waals surface area (Å²) < 4.78 is 37.6. The van der Waals surface area contributed by atoms with Gasteiger partial charge in [0.1, 0.15) is 5.69 Å². The quantitative estimate of drug-likeness (QED) is 0.585. The summed E-state index contributed by atoms with van der Waals surface area (Å²) in [7, 11) is 1.38. The third-order valence-electron chi connectivity index (χ3n) is 2.95. The number of halogens is 5. The van der Waals surface area contributed by atoms with E-state index in [1.165, 1.54) is 13.1 Å². The highest BCUT2D eigenvalue weighted by atomic mass is 35.5. The van der Waals surface area contributed by atoms with Crippen LogP contribution in [0.25, 0.3) is 0 Å². The van der Waals surface area contributed by atoms with Crippen LogP contribution in [0.15, 0.2) is 41.6 Å². The first-order valence-electron chi connectivity index (χ1n) is 6.49. The van der Waals surface area contributed by atoms with Crippen LogP contribution >= 0.6 is 23.2 Å². The number of hydrogen-bond donors (Lipinski definition) is 0. The van der Waals surface area contributed by atoms with Crippen molar-refractivity contribution in [3.8, 4) is 0 Å². The average Bonchev–Trinajstić information content (AvgIpc) is 2.52. The number of hydrazone groups is 1. The summed E-state index contributed by atoms with van der Waals surface area (Å²) in [4.78, 5) is 15.8.